The predicted octanol–water partition coefficient (Wildman–Crippen LogP) is 4.98. The van der Waals surface area contributed by atoms with Crippen molar-refractivity contribution in [3.63, 3.8) is 0 Å². The first-order valence-electron chi connectivity index (χ1n) is 5.44. The predicted molar refractivity (Wildman–Crippen MR) is 87.0 cm³/mol. The summed E-state index contributed by atoms with van der Waals surface area (Å²) in [7, 11) is 0. The Hall–Kier alpha value is -0.100. The minimum Gasteiger partial charge on any atom is -0.388 e. The van der Waals surface area contributed by atoms with Crippen LogP contribution in [0.5, 0.6) is 0 Å². The van der Waals surface area contributed by atoms with Crippen LogP contribution in [0.15, 0.2) is 46.9 Å². The van der Waals surface area contributed by atoms with Crippen molar-refractivity contribution in [2.24, 2.45) is 0 Å². The molecule has 1 atom stereocenters. The summed E-state index contributed by atoms with van der Waals surface area (Å²) in [5.74, 6) is 0. The van der Waals surface area contributed by atoms with Crippen LogP contribution in [0.2, 0.25) is 5.02 Å². The van der Waals surface area contributed by atoms with Gasteiger partial charge in [-0.3, -0.25) is 0 Å². The molecule has 0 heterocycles. The average molecular weight is 438 g/mol. The van der Waals surface area contributed by atoms with Gasteiger partial charge in [0.15, 0.2) is 0 Å². The Labute approximate surface area is 133 Å². The minimum absolute atomic E-state index is 0.547. The Morgan fingerprint density at radius 3 is 2.67 bits per heavy atom. The van der Waals surface area contributed by atoms with Gasteiger partial charge in [0.25, 0.3) is 0 Å². The van der Waals surface area contributed by atoms with E-state index in [0.29, 0.717) is 11.4 Å². The molecule has 0 bridgehead atoms. The fourth-order valence-corrected chi connectivity index (χ4v) is 3.07. The molecule has 94 valence electrons. The largest absolute Gasteiger partial charge is 0.388 e. The maximum Gasteiger partial charge on any atom is 0.0841 e. The van der Waals surface area contributed by atoms with Crippen molar-refractivity contribution in [3.05, 3.63) is 66.7 Å². The molecule has 2 aromatic carbocycles. The van der Waals surface area contributed by atoms with Crippen LogP contribution in [-0.2, 0) is 6.42 Å². The molecule has 1 nitrogen and oxygen atoms in total. The minimum atomic E-state index is -0.547. The van der Waals surface area contributed by atoms with Gasteiger partial charge in [0.1, 0.15) is 0 Å². The Morgan fingerprint density at radius 2 is 1.94 bits per heavy atom. The first-order valence-corrected chi connectivity index (χ1v) is 7.69. The molecule has 0 aromatic heterocycles. The van der Waals surface area contributed by atoms with E-state index in [0.717, 1.165) is 19.2 Å². The van der Waals surface area contributed by atoms with Crippen molar-refractivity contribution in [2.75, 3.05) is 0 Å². The molecule has 0 aliphatic carbocycles. The van der Waals surface area contributed by atoms with Crippen LogP contribution in [0.1, 0.15) is 17.2 Å². The second-order valence-electron chi connectivity index (χ2n) is 3.98. The lowest BCUT2D eigenvalue weighted by Crippen LogP contribution is -2.04. The van der Waals surface area contributed by atoms with Crippen molar-refractivity contribution in [1.82, 2.24) is 0 Å². The molecule has 4 heteroatoms. The summed E-state index contributed by atoms with van der Waals surface area (Å²) < 4.78 is 2.04. The third-order valence-electron chi connectivity index (χ3n) is 2.69. The van der Waals surface area contributed by atoms with Crippen LogP contribution in [0.4, 0.5) is 0 Å². The van der Waals surface area contributed by atoms with E-state index in [2.05, 4.69) is 38.5 Å². The quantitative estimate of drug-likeness (QED) is 0.672. The Morgan fingerprint density at radius 1 is 1.22 bits per heavy atom. The number of rotatable bonds is 3. The van der Waals surface area contributed by atoms with Crippen LogP contribution >= 0.6 is 50.1 Å². The van der Waals surface area contributed by atoms with Crippen LogP contribution in [0.25, 0.3) is 0 Å². The summed E-state index contributed by atoms with van der Waals surface area (Å²) >= 11 is 11.7. The molecule has 1 unspecified atom stereocenters. The van der Waals surface area contributed by atoms with E-state index >= 15 is 0 Å². The van der Waals surface area contributed by atoms with Crippen LogP contribution in [-0.4, -0.2) is 5.11 Å². The fourth-order valence-electron chi connectivity index (χ4n) is 1.75. The van der Waals surface area contributed by atoms with E-state index in [1.807, 2.05) is 42.5 Å². The molecule has 18 heavy (non-hydrogen) atoms. The molecule has 0 fully saturated rings. The Bertz CT molecular complexity index is 559. The third kappa shape index (κ3) is 3.47. The molecule has 0 amide bonds. The molecule has 2 aromatic rings. The van der Waals surface area contributed by atoms with Crippen molar-refractivity contribution < 1.29 is 5.11 Å². The fraction of sp³-hybridized carbons (Fsp3) is 0.143. The highest BCUT2D eigenvalue weighted by Gasteiger charge is 2.13. The van der Waals surface area contributed by atoms with Crippen molar-refractivity contribution >= 4 is 50.1 Å². The smallest absolute Gasteiger partial charge is 0.0841 e. The monoisotopic (exact) mass is 436 g/mol. The van der Waals surface area contributed by atoms with Gasteiger partial charge in [-0.25, -0.2) is 0 Å². The molecular weight excluding hydrogens is 426 g/mol. The first kappa shape index (κ1) is 14.3. The van der Waals surface area contributed by atoms with Gasteiger partial charge in [-0.1, -0.05) is 45.7 Å². The first-order chi connectivity index (χ1) is 8.58. The second-order valence-corrected chi connectivity index (χ2v) is 6.43. The lowest BCUT2D eigenvalue weighted by atomic mass is 10.0. The zero-order valence-electron chi connectivity index (χ0n) is 9.41. The third-order valence-corrected chi connectivity index (χ3v) is 4.68. The van der Waals surface area contributed by atoms with Gasteiger partial charge in [-0.2, -0.15) is 0 Å². The van der Waals surface area contributed by atoms with E-state index in [1.54, 1.807) is 0 Å². The Balaban J connectivity index is 2.25. The highest BCUT2D eigenvalue weighted by Crippen LogP contribution is 2.28. The van der Waals surface area contributed by atoms with Gasteiger partial charge >= 0.3 is 0 Å². The van der Waals surface area contributed by atoms with E-state index in [1.165, 1.54) is 0 Å². The summed E-state index contributed by atoms with van der Waals surface area (Å²) in [4.78, 5) is 0. The van der Waals surface area contributed by atoms with Gasteiger partial charge in [-0.15, -0.1) is 0 Å². The topological polar surface area (TPSA) is 20.2 Å². The molecule has 0 saturated heterocycles. The van der Waals surface area contributed by atoms with Gasteiger partial charge in [0.2, 0.25) is 0 Å². The summed E-state index contributed by atoms with van der Waals surface area (Å²) in [5, 5.41) is 11.0. The Kier molecular flexibility index (Phi) is 5.06. The highest BCUT2D eigenvalue weighted by molar-refractivity contribution is 14.1. The van der Waals surface area contributed by atoms with Gasteiger partial charge in [0.05, 0.1) is 6.10 Å². The molecule has 2 rings (SSSR count). The van der Waals surface area contributed by atoms with Gasteiger partial charge in [0, 0.05) is 19.5 Å². The van der Waals surface area contributed by atoms with E-state index in [-0.39, 0.29) is 0 Å². The van der Waals surface area contributed by atoms with Crippen molar-refractivity contribution in [1.29, 1.82) is 0 Å². The van der Waals surface area contributed by atoms with Crippen molar-refractivity contribution in [3.8, 4) is 0 Å². The number of hydrogen-bond donors (Lipinski definition) is 1. The number of benzene rings is 2. The van der Waals surface area contributed by atoms with Crippen LogP contribution in [0, 0.1) is 3.57 Å². The lowest BCUT2D eigenvalue weighted by Gasteiger charge is -2.14. The second kappa shape index (κ2) is 6.37. The summed E-state index contributed by atoms with van der Waals surface area (Å²) in [5.41, 5.74) is 1.96. The van der Waals surface area contributed by atoms with Crippen molar-refractivity contribution in [2.45, 2.75) is 12.5 Å². The van der Waals surface area contributed by atoms with E-state index < -0.39 is 6.10 Å². The SMILES string of the molecule is OC(Cc1ccccc1Br)c1cc(Cl)ccc1I. The molecule has 0 saturated carbocycles. The zero-order chi connectivity index (χ0) is 13.1. The summed E-state index contributed by atoms with van der Waals surface area (Å²) in [6.45, 7) is 0. The van der Waals surface area contributed by atoms with Crippen LogP contribution < -0.4 is 0 Å². The molecule has 0 aliphatic heterocycles. The molecular formula is C14H11BrClIO. The number of halogens is 3. The molecule has 0 spiro atoms. The number of hydrogen-bond acceptors (Lipinski definition) is 1. The van der Waals surface area contributed by atoms with Gasteiger partial charge in [-0.05, 0) is 58.0 Å². The van der Waals surface area contributed by atoms with E-state index in [4.69, 9.17) is 11.6 Å². The summed E-state index contributed by atoms with van der Waals surface area (Å²) in [6.07, 6.45) is 0.0203. The molecule has 1 N–H and O–H groups in total. The molecule has 0 aliphatic rings. The number of aliphatic hydroxyl groups excluding tert-OH is 1. The molecule has 0 radical (unpaired) electrons. The maximum atomic E-state index is 10.3. The summed E-state index contributed by atoms with van der Waals surface area (Å²) in [6, 6.07) is 13.5. The highest BCUT2D eigenvalue weighted by atomic mass is 127. The lowest BCUT2D eigenvalue weighted by molar-refractivity contribution is 0.177. The normalized spacial score (nSPS) is 12.4. The van der Waals surface area contributed by atoms with E-state index in [9.17, 15) is 5.11 Å². The average Bonchev–Trinajstić information content (AvgIpc) is 2.35. The number of aliphatic hydroxyl groups is 1. The zero-order valence-corrected chi connectivity index (χ0v) is 13.9. The van der Waals surface area contributed by atoms with Crippen LogP contribution in [0.3, 0.4) is 0 Å². The maximum absolute atomic E-state index is 10.3. The van der Waals surface area contributed by atoms with Gasteiger partial charge < -0.3 is 5.11 Å². The standard InChI is InChI=1S/C14H11BrClIO/c15-12-4-2-1-3-9(12)7-14(18)11-8-10(16)5-6-13(11)17/h1-6,8,14,18H,7H2.